The third-order valence-corrected chi connectivity index (χ3v) is 11.1. The second-order valence-electron chi connectivity index (χ2n) is 14.4. The molecule has 3 aromatic carbocycles. The molecule has 4 aromatic rings. The largest absolute Gasteiger partial charge is 0.455 e. The van der Waals surface area contributed by atoms with Crippen LogP contribution in [0, 0.1) is 11.8 Å². The van der Waals surface area contributed by atoms with Crippen molar-refractivity contribution in [3.05, 3.63) is 121 Å². The Hall–Kier alpha value is -5.66. The highest BCUT2D eigenvalue weighted by atomic mass is 16.6. The molecule has 3 fully saturated rings. The Morgan fingerprint density at radius 2 is 1.73 bits per heavy atom. The Kier molecular flexibility index (Phi) is 10.9. The predicted molar refractivity (Wildman–Crippen MR) is 202 cm³/mol. The molecule has 2 N–H and O–H groups in total. The summed E-state index contributed by atoms with van der Waals surface area (Å²) >= 11 is 0. The zero-order valence-electron chi connectivity index (χ0n) is 30.8. The molecule has 0 radical (unpaired) electrons. The monoisotopic (exact) mass is 746 g/mol. The molecule has 3 saturated heterocycles. The van der Waals surface area contributed by atoms with E-state index in [-0.39, 0.29) is 25.5 Å². The molecule has 3 aliphatic heterocycles. The number of hydrogen-bond donors (Lipinski definition) is 2. The highest BCUT2D eigenvalue weighted by molar-refractivity contribution is 5.98. The van der Waals surface area contributed by atoms with Gasteiger partial charge in [0, 0.05) is 13.0 Å². The van der Waals surface area contributed by atoms with E-state index in [1.165, 1.54) is 4.90 Å². The maximum Gasteiger partial charge on any atom is 0.313 e. The number of aliphatic hydroxyl groups is 1. The SMILES string of the molecule is C=CCCC(=O)N[C@H](C)[C@@H](OC(=O)[C@@H]1[C@@H]2CC[C@]3(O2)[C@H](C(=O)N(CC=C)Cn2nnc4ccccc42)N([C@H](CO)c2ccccc2)C(=O)[C@@H]13)c1ccccc1. The first-order valence-electron chi connectivity index (χ1n) is 18.7. The summed E-state index contributed by atoms with van der Waals surface area (Å²) in [6, 6.07) is 22.8. The summed E-state index contributed by atoms with van der Waals surface area (Å²) in [7, 11) is 0. The number of rotatable bonds is 16. The van der Waals surface area contributed by atoms with Crippen LogP contribution < -0.4 is 5.32 Å². The number of carbonyl (C=O) groups is 4. The molecule has 7 rings (SSSR count). The van der Waals surface area contributed by atoms with Crippen LogP contribution in [0.3, 0.4) is 0 Å². The molecule has 2 bridgehead atoms. The number of likely N-dealkylation sites (tertiary alicyclic amines) is 1. The number of aliphatic hydroxyl groups excluding tert-OH is 1. The minimum absolute atomic E-state index is 0.00380. The van der Waals surface area contributed by atoms with Crippen LogP contribution in [-0.2, 0) is 35.3 Å². The maximum absolute atomic E-state index is 15.1. The number of amides is 3. The lowest BCUT2D eigenvalue weighted by Gasteiger charge is -2.39. The molecule has 4 heterocycles. The van der Waals surface area contributed by atoms with E-state index in [4.69, 9.17) is 9.47 Å². The Labute approximate surface area is 319 Å². The van der Waals surface area contributed by atoms with Gasteiger partial charge in [-0.25, -0.2) is 4.68 Å². The Bertz CT molecular complexity index is 2060. The first-order valence-corrected chi connectivity index (χ1v) is 18.7. The molecule has 286 valence electrons. The van der Waals surface area contributed by atoms with Crippen molar-refractivity contribution in [2.45, 2.75) is 75.2 Å². The molecule has 3 amide bonds. The average Bonchev–Trinajstić information content (AvgIpc) is 3.96. The van der Waals surface area contributed by atoms with E-state index in [1.807, 2.05) is 60.7 Å². The van der Waals surface area contributed by atoms with Gasteiger partial charge < -0.3 is 29.7 Å². The van der Waals surface area contributed by atoms with Crippen LogP contribution in [0.2, 0.25) is 0 Å². The number of nitrogens with zero attached hydrogens (tertiary/aromatic N) is 5. The second-order valence-corrected chi connectivity index (χ2v) is 14.4. The highest BCUT2D eigenvalue weighted by Crippen LogP contribution is 2.60. The summed E-state index contributed by atoms with van der Waals surface area (Å²) in [6.45, 7) is 9.00. The van der Waals surface area contributed by atoms with Gasteiger partial charge >= 0.3 is 5.97 Å². The van der Waals surface area contributed by atoms with Gasteiger partial charge in [0.1, 0.15) is 29.9 Å². The third kappa shape index (κ3) is 6.94. The lowest BCUT2D eigenvalue weighted by Crippen LogP contribution is -2.57. The number of nitrogens with one attached hydrogen (secondary N) is 1. The van der Waals surface area contributed by atoms with Gasteiger partial charge in [-0.15, -0.1) is 18.3 Å². The van der Waals surface area contributed by atoms with Gasteiger partial charge in [-0.2, -0.15) is 0 Å². The summed E-state index contributed by atoms with van der Waals surface area (Å²) in [6.07, 6.45) is 3.17. The lowest BCUT2D eigenvalue weighted by atomic mass is 9.70. The molecule has 3 aliphatic rings. The molecule has 55 heavy (non-hydrogen) atoms. The molecule has 8 atom stereocenters. The van der Waals surface area contributed by atoms with Gasteiger partial charge in [0.05, 0.1) is 42.1 Å². The van der Waals surface area contributed by atoms with Crippen molar-refractivity contribution in [3.63, 3.8) is 0 Å². The van der Waals surface area contributed by atoms with E-state index in [0.717, 1.165) is 5.52 Å². The molecule has 1 aromatic heterocycles. The van der Waals surface area contributed by atoms with Crippen LogP contribution in [0.1, 0.15) is 55.9 Å². The van der Waals surface area contributed by atoms with Gasteiger partial charge in [0.2, 0.25) is 17.7 Å². The Morgan fingerprint density at radius 3 is 2.42 bits per heavy atom. The number of para-hydroxylation sites is 1. The van der Waals surface area contributed by atoms with E-state index in [1.54, 1.807) is 52.9 Å². The summed E-state index contributed by atoms with van der Waals surface area (Å²) in [5.41, 5.74) is 1.29. The first kappa shape index (κ1) is 37.6. The topological polar surface area (TPSA) is 156 Å². The summed E-state index contributed by atoms with van der Waals surface area (Å²) < 4.78 is 14.6. The van der Waals surface area contributed by atoms with Gasteiger partial charge in [-0.3, -0.25) is 19.2 Å². The van der Waals surface area contributed by atoms with Crippen LogP contribution in [0.4, 0.5) is 0 Å². The molecular weight excluding hydrogens is 700 g/mol. The fourth-order valence-electron chi connectivity index (χ4n) is 8.67. The number of esters is 1. The molecule has 1 spiro atoms. The number of fused-ring (bicyclic) bond motifs is 2. The van der Waals surface area contributed by atoms with Crippen molar-refractivity contribution in [2.75, 3.05) is 13.2 Å². The number of benzene rings is 3. The van der Waals surface area contributed by atoms with Crippen molar-refractivity contribution >= 4 is 34.7 Å². The quantitative estimate of drug-likeness (QED) is 0.126. The van der Waals surface area contributed by atoms with E-state index < -0.39 is 72.2 Å². The van der Waals surface area contributed by atoms with E-state index in [0.29, 0.717) is 35.9 Å². The minimum Gasteiger partial charge on any atom is -0.455 e. The second kappa shape index (κ2) is 16.0. The van der Waals surface area contributed by atoms with Gasteiger partial charge in [0.25, 0.3) is 0 Å². The number of allylic oxidation sites excluding steroid dienone is 1. The van der Waals surface area contributed by atoms with Crippen LogP contribution in [0.5, 0.6) is 0 Å². The third-order valence-electron chi connectivity index (χ3n) is 11.1. The molecular formula is C42H46N6O7. The molecule has 0 saturated carbocycles. The number of ether oxygens (including phenoxy) is 2. The van der Waals surface area contributed by atoms with E-state index in [2.05, 4.69) is 28.8 Å². The van der Waals surface area contributed by atoms with Crippen LogP contribution >= 0.6 is 0 Å². The van der Waals surface area contributed by atoms with Gasteiger partial charge in [-0.05, 0) is 49.4 Å². The Morgan fingerprint density at radius 1 is 1.04 bits per heavy atom. The standard InChI is InChI=1S/C42H46N6O7/c1-4-6-21-34(50)43-27(3)37(29-17-11-8-12-18-29)54-41(53)35-33-22-23-42(55-33)36(35)39(51)48(32(25-49)28-15-9-7-10-16-28)38(42)40(52)46(24-5-2)26-47-31-20-14-13-19-30(31)44-45-47/h4-5,7-20,27,32-33,35-38,49H,1-2,6,21-26H2,3H3,(H,43,50)/t27-,32-,33+,35-,36-,37-,38+,42-/m1/s1. The fourth-order valence-corrected chi connectivity index (χ4v) is 8.67. The zero-order valence-corrected chi connectivity index (χ0v) is 30.8. The molecule has 0 aliphatic carbocycles. The van der Waals surface area contributed by atoms with Gasteiger partial charge in [-0.1, -0.05) is 90.2 Å². The normalized spacial score (nSPS) is 24.2. The Balaban J connectivity index is 1.25. The molecule has 13 heteroatoms. The number of aromatic nitrogens is 3. The average molecular weight is 747 g/mol. The minimum atomic E-state index is -1.39. The fraction of sp³-hybridized carbons (Fsp3) is 0.381. The zero-order chi connectivity index (χ0) is 38.7. The van der Waals surface area contributed by atoms with Crippen molar-refractivity contribution in [1.82, 2.24) is 30.1 Å². The molecule has 13 nitrogen and oxygen atoms in total. The van der Waals surface area contributed by atoms with Crippen molar-refractivity contribution < 1.29 is 33.8 Å². The van der Waals surface area contributed by atoms with Crippen molar-refractivity contribution in [3.8, 4) is 0 Å². The van der Waals surface area contributed by atoms with Crippen LogP contribution in [-0.4, -0.2) is 90.5 Å². The summed E-state index contributed by atoms with van der Waals surface area (Å²) in [5, 5.41) is 22.4. The number of carbonyl (C=O) groups excluding carboxylic acids is 4. The van der Waals surface area contributed by atoms with E-state index in [9.17, 15) is 14.7 Å². The number of hydrogen-bond acceptors (Lipinski definition) is 9. The highest BCUT2D eigenvalue weighted by Gasteiger charge is 2.76. The van der Waals surface area contributed by atoms with E-state index >= 15 is 9.59 Å². The summed E-state index contributed by atoms with van der Waals surface area (Å²) in [4.78, 5) is 60.4. The summed E-state index contributed by atoms with van der Waals surface area (Å²) in [5.74, 6) is -3.89. The van der Waals surface area contributed by atoms with Crippen LogP contribution in [0.25, 0.3) is 11.0 Å². The molecule has 0 unspecified atom stereocenters. The van der Waals surface area contributed by atoms with Gasteiger partial charge in [0.15, 0.2) is 0 Å². The maximum atomic E-state index is 15.1. The van der Waals surface area contributed by atoms with Crippen molar-refractivity contribution in [2.24, 2.45) is 11.8 Å². The van der Waals surface area contributed by atoms with Crippen molar-refractivity contribution in [1.29, 1.82) is 0 Å². The first-order chi connectivity index (χ1) is 26.7. The smallest absolute Gasteiger partial charge is 0.313 e. The van der Waals surface area contributed by atoms with Crippen LogP contribution in [0.15, 0.2) is 110 Å². The lowest BCUT2D eigenvalue weighted by molar-refractivity contribution is -0.162. The predicted octanol–water partition coefficient (Wildman–Crippen LogP) is 4.27.